The first-order chi connectivity index (χ1) is 25.0. The van der Waals surface area contributed by atoms with Crippen LogP contribution >= 0.6 is 7.82 Å². The predicted molar refractivity (Wildman–Crippen MR) is 219 cm³/mol. The van der Waals surface area contributed by atoms with E-state index in [2.05, 4.69) is 19.2 Å². The molecule has 0 fully saturated rings. The van der Waals surface area contributed by atoms with Crippen molar-refractivity contribution in [2.45, 2.75) is 231 Å². The number of rotatable bonds is 41. The van der Waals surface area contributed by atoms with Gasteiger partial charge in [-0.1, -0.05) is 200 Å². The van der Waals surface area contributed by atoms with E-state index in [9.17, 15) is 19.4 Å². The van der Waals surface area contributed by atoms with Crippen molar-refractivity contribution in [2.24, 2.45) is 0 Å². The van der Waals surface area contributed by atoms with Crippen molar-refractivity contribution >= 4 is 13.7 Å². The highest BCUT2D eigenvalue weighted by atomic mass is 31.2. The van der Waals surface area contributed by atoms with E-state index in [0.29, 0.717) is 23.9 Å². The number of phosphoric acid groups is 1. The number of nitrogens with zero attached hydrogens (tertiary/aromatic N) is 1. The molecule has 0 aromatic heterocycles. The van der Waals surface area contributed by atoms with Crippen molar-refractivity contribution in [1.29, 1.82) is 0 Å². The van der Waals surface area contributed by atoms with E-state index in [1.807, 2.05) is 21.1 Å². The Morgan fingerprint density at radius 2 is 0.942 bits per heavy atom. The van der Waals surface area contributed by atoms with Gasteiger partial charge in [-0.3, -0.25) is 9.36 Å². The minimum absolute atomic E-state index is 0.0160. The van der Waals surface area contributed by atoms with Crippen LogP contribution in [0, 0.1) is 0 Å². The molecule has 0 heterocycles. The fraction of sp³-hybridized carbons (Fsp3) is 0.977. The number of unbranched alkanes of at least 4 members (excludes halogenated alkanes) is 28. The summed E-state index contributed by atoms with van der Waals surface area (Å²) in [6.45, 7) is 4.73. The Kier molecular flexibility index (Phi) is 35.8. The van der Waals surface area contributed by atoms with Gasteiger partial charge in [0.2, 0.25) is 5.91 Å². The lowest BCUT2D eigenvalue weighted by Gasteiger charge is -2.30. The van der Waals surface area contributed by atoms with Crippen molar-refractivity contribution in [3.63, 3.8) is 0 Å². The van der Waals surface area contributed by atoms with Crippen LogP contribution in [-0.2, 0) is 18.4 Å². The molecule has 312 valence electrons. The zero-order valence-corrected chi connectivity index (χ0v) is 36.2. The van der Waals surface area contributed by atoms with Gasteiger partial charge in [0.05, 0.1) is 39.9 Å². The number of hydrogen-bond acceptors (Lipinski definition) is 6. The molecule has 0 aliphatic rings. The molecular weight excluding hydrogens is 671 g/mol. The molecule has 1 unspecified atom stereocenters. The van der Waals surface area contributed by atoms with Crippen LogP contribution in [0.5, 0.6) is 0 Å². The van der Waals surface area contributed by atoms with Gasteiger partial charge >= 0.3 is 0 Å². The highest BCUT2D eigenvalue weighted by Gasteiger charge is 2.24. The summed E-state index contributed by atoms with van der Waals surface area (Å²) in [4.78, 5) is 25.3. The third kappa shape index (κ3) is 37.8. The van der Waals surface area contributed by atoms with Crippen LogP contribution in [0.2, 0.25) is 0 Å². The first-order valence-electron chi connectivity index (χ1n) is 22.4. The van der Waals surface area contributed by atoms with E-state index in [1.54, 1.807) is 0 Å². The fourth-order valence-corrected chi connectivity index (χ4v) is 7.47. The molecule has 0 aromatic carbocycles. The summed E-state index contributed by atoms with van der Waals surface area (Å²) in [6.07, 6.45) is 38.1. The SMILES string of the molecule is CCCCCCCCCCCCCCCCCCCC(=O)N[C@H](COP(=O)([O-])OCC[N+](C)(C)C)[C@@H](O)CCCCCCCCCCCCCCC. The molecule has 0 saturated heterocycles. The number of amides is 1. The topological polar surface area (TPSA) is 108 Å². The van der Waals surface area contributed by atoms with Crippen molar-refractivity contribution in [1.82, 2.24) is 5.32 Å². The number of likely N-dealkylation sites (N-methyl/N-ethyl adjacent to an activating group) is 1. The Bertz CT molecular complexity index is 824. The first kappa shape index (κ1) is 51.5. The lowest BCUT2D eigenvalue weighted by molar-refractivity contribution is -0.870. The monoisotopic (exact) mass is 761 g/mol. The third-order valence-electron chi connectivity index (χ3n) is 10.3. The molecule has 1 amide bonds. The van der Waals surface area contributed by atoms with E-state index >= 15 is 0 Å². The van der Waals surface area contributed by atoms with Crippen LogP contribution in [0.1, 0.15) is 219 Å². The van der Waals surface area contributed by atoms with Gasteiger partial charge < -0.3 is 28.8 Å². The van der Waals surface area contributed by atoms with Gasteiger partial charge in [-0.2, -0.15) is 0 Å². The standard InChI is InChI=1S/C43H89N2O6P/c1-6-8-10-12-14-16-18-20-21-22-23-25-27-29-31-33-35-37-43(47)44-41(40-51-52(48,49)50-39-38-45(3,4)5)42(46)36-34-32-30-28-26-24-19-17-15-13-11-9-7-2/h41-42,46H,6-40H2,1-5H3,(H-,44,47,48,49)/t41-,42+/m1/s1. The largest absolute Gasteiger partial charge is 0.756 e. The lowest BCUT2D eigenvalue weighted by Crippen LogP contribution is -2.46. The highest BCUT2D eigenvalue weighted by molar-refractivity contribution is 7.45. The summed E-state index contributed by atoms with van der Waals surface area (Å²) in [5, 5.41) is 13.9. The molecule has 0 aliphatic heterocycles. The molecule has 52 heavy (non-hydrogen) atoms. The number of phosphoric ester groups is 1. The van der Waals surface area contributed by atoms with Crippen LogP contribution in [0.4, 0.5) is 0 Å². The molecule has 9 heteroatoms. The Balaban J connectivity index is 4.31. The van der Waals surface area contributed by atoms with Gasteiger partial charge in [-0.25, -0.2) is 0 Å². The van der Waals surface area contributed by atoms with Gasteiger partial charge in [-0.05, 0) is 12.8 Å². The molecule has 8 nitrogen and oxygen atoms in total. The maximum Gasteiger partial charge on any atom is 0.268 e. The predicted octanol–water partition coefficient (Wildman–Crippen LogP) is 11.6. The second-order valence-electron chi connectivity index (χ2n) is 16.8. The molecule has 0 aliphatic carbocycles. The van der Waals surface area contributed by atoms with Crippen molar-refractivity contribution < 1.29 is 32.9 Å². The summed E-state index contributed by atoms with van der Waals surface area (Å²) in [5.74, 6) is -0.161. The summed E-state index contributed by atoms with van der Waals surface area (Å²) >= 11 is 0. The smallest absolute Gasteiger partial charge is 0.268 e. The quantitative estimate of drug-likeness (QED) is 0.0365. The minimum atomic E-state index is -4.55. The normalized spacial score (nSPS) is 14.4. The van der Waals surface area contributed by atoms with Gasteiger partial charge in [0.15, 0.2) is 0 Å². The van der Waals surface area contributed by atoms with Crippen LogP contribution in [0.3, 0.4) is 0 Å². The average molecular weight is 761 g/mol. The number of hydrogen-bond donors (Lipinski definition) is 2. The Morgan fingerprint density at radius 1 is 0.596 bits per heavy atom. The van der Waals surface area contributed by atoms with E-state index in [4.69, 9.17) is 9.05 Å². The van der Waals surface area contributed by atoms with E-state index in [-0.39, 0.29) is 19.1 Å². The number of quaternary nitrogens is 1. The maximum atomic E-state index is 12.9. The minimum Gasteiger partial charge on any atom is -0.756 e. The van der Waals surface area contributed by atoms with Gasteiger partial charge in [0.1, 0.15) is 13.2 Å². The third-order valence-corrected chi connectivity index (χ3v) is 11.3. The summed E-state index contributed by atoms with van der Waals surface area (Å²) < 4.78 is 23.2. The molecule has 0 rings (SSSR count). The second-order valence-corrected chi connectivity index (χ2v) is 18.2. The van der Waals surface area contributed by atoms with E-state index < -0.39 is 20.0 Å². The summed E-state index contributed by atoms with van der Waals surface area (Å²) in [6, 6.07) is -0.792. The molecule has 0 bridgehead atoms. The summed E-state index contributed by atoms with van der Waals surface area (Å²) in [7, 11) is 1.32. The molecule has 0 radical (unpaired) electrons. The lowest BCUT2D eigenvalue weighted by atomic mass is 10.0. The molecule has 0 saturated carbocycles. The van der Waals surface area contributed by atoms with Crippen LogP contribution in [0.15, 0.2) is 0 Å². The zero-order valence-electron chi connectivity index (χ0n) is 35.3. The number of carbonyl (C=O) groups is 1. The zero-order chi connectivity index (χ0) is 38.6. The van der Waals surface area contributed by atoms with Crippen molar-refractivity contribution in [3.8, 4) is 0 Å². The van der Waals surface area contributed by atoms with E-state index in [0.717, 1.165) is 38.5 Å². The van der Waals surface area contributed by atoms with Gasteiger partial charge in [0.25, 0.3) is 7.82 Å². The van der Waals surface area contributed by atoms with Crippen molar-refractivity contribution in [2.75, 3.05) is 40.9 Å². The van der Waals surface area contributed by atoms with Crippen LogP contribution in [0.25, 0.3) is 0 Å². The van der Waals surface area contributed by atoms with Gasteiger partial charge in [0, 0.05) is 6.42 Å². The van der Waals surface area contributed by atoms with Crippen LogP contribution < -0.4 is 10.2 Å². The average Bonchev–Trinajstić information content (AvgIpc) is 3.09. The summed E-state index contributed by atoms with van der Waals surface area (Å²) in [5.41, 5.74) is 0. The molecular formula is C43H89N2O6P. The van der Waals surface area contributed by atoms with E-state index in [1.165, 1.54) is 154 Å². The number of nitrogens with one attached hydrogen (secondary N) is 1. The number of carbonyl (C=O) groups excluding carboxylic acids is 1. The molecule has 0 spiro atoms. The Morgan fingerprint density at radius 3 is 1.31 bits per heavy atom. The van der Waals surface area contributed by atoms with Gasteiger partial charge in [-0.15, -0.1) is 0 Å². The molecule has 2 N–H and O–H groups in total. The Hall–Kier alpha value is -0.500. The van der Waals surface area contributed by atoms with Crippen LogP contribution in [-0.4, -0.2) is 68.5 Å². The fourth-order valence-electron chi connectivity index (χ4n) is 6.75. The molecule has 0 aromatic rings. The second kappa shape index (κ2) is 36.2. The molecule has 3 atom stereocenters. The number of aliphatic hydroxyl groups is 1. The Labute approximate surface area is 323 Å². The first-order valence-corrected chi connectivity index (χ1v) is 23.8. The van der Waals surface area contributed by atoms with Crippen molar-refractivity contribution in [3.05, 3.63) is 0 Å². The maximum absolute atomic E-state index is 12.9. The highest BCUT2D eigenvalue weighted by Crippen LogP contribution is 2.38. The number of aliphatic hydroxyl groups excluding tert-OH is 1.